The number of amides is 1. The Hall–Kier alpha value is -4.15. The van der Waals surface area contributed by atoms with Gasteiger partial charge in [-0.2, -0.15) is 0 Å². The van der Waals surface area contributed by atoms with Crippen LogP contribution in [-0.2, 0) is 14.3 Å². The van der Waals surface area contributed by atoms with Crippen LogP contribution in [0, 0.1) is 17.7 Å². The van der Waals surface area contributed by atoms with E-state index in [0.29, 0.717) is 30.3 Å². The number of thiazole rings is 1. The Morgan fingerprint density at radius 2 is 1.94 bits per heavy atom. The number of hydrogen-bond donors (Lipinski definition) is 4. The molecule has 0 saturated carbocycles. The number of benzene rings is 2. The summed E-state index contributed by atoms with van der Waals surface area (Å²) in [5, 5.41) is 23.2. The van der Waals surface area contributed by atoms with Gasteiger partial charge in [0.15, 0.2) is 0 Å². The Morgan fingerprint density at radius 1 is 1.17 bits per heavy atom. The zero-order chi connectivity index (χ0) is 25.1. The van der Waals surface area contributed by atoms with Crippen LogP contribution in [0.3, 0.4) is 0 Å². The van der Waals surface area contributed by atoms with Gasteiger partial charge in [-0.3, -0.25) is 15.6 Å². The van der Waals surface area contributed by atoms with Gasteiger partial charge in [0.2, 0.25) is 12.1 Å². The summed E-state index contributed by atoms with van der Waals surface area (Å²) < 4.78 is 10.9. The molecule has 10 heteroatoms. The zero-order valence-corrected chi connectivity index (χ0v) is 20.3. The summed E-state index contributed by atoms with van der Waals surface area (Å²) in [5.41, 5.74) is 4.25. The molecule has 1 atom stereocenters. The van der Waals surface area contributed by atoms with Crippen LogP contribution >= 0.6 is 11.3 Å². The van der Waals surface area contributed by atoms with Gasteiger partial charge in [0.1, 0.15) is 5.69 Å². The average molecular weight is 501 g/mol. The quantitative estimate of drug-likeness (QED) is 0.318. The second kappa shape index (κ2) is 10.2. The molecule has 3 aromatic rings. The summed E-state index contributed by atoms with van der Waals surface area (Å²) in [5.74, 6) is -0.713. The van der Waals surface area contributed by atoms with Crippen molar-refractivity contribution in [3.63, 3.8) is 0 Å². The highest BCUT2D eigenvalue weighted by Gasteiger charge is 2.28. The van der Waals surface area contributed by atoms with Gasteiger partial charge in [-0.05, 0) is 25.0 Å². The van der Waals surface area contributed by atoms with Crippen LogP contribution in [0.4, 0.5) is 5.69 Å². The minimum absolute atomic E-state index is 0.274. The smallest absolute Gasteiger partial charge is 0.290 e. The molecular formula is C26H24N6O3S. The standard InChI is InChI=1S/C26H24N6O3S/c1-15-29-21(22(36-15)17-11-13-34-14-12-17)23(27)35-26(28)32-24-25(33)30-19-10-6-5-9-18(19)20(31-24)16-7-3-2-4-8-16/h2-11,24,27H,12-14H2,1H3,(H2,28,32)(H,30,33)/t24-/m1/s1. The van der Waals surface area contributed by atoms with E-state index in [-0.39, 0.29) is 5.90 Å². The van der Waals surface area contributed by atoms with Gasteiger partial charge >= 0.3 is 0 Å². The normalized spacial score (nSPS) is 17.1. The lowest BCUT2D eigenvalue weighted by Crippen LogP contribution is -2.43. The first-order valence-corrected chi connectivity index (χ1v) is 12.2. The van der Waals surface area contributed by atoms with Crippen molar-refractivity contribution in [3.05, 3.63) is 87.4 Å². The van der Waals surface area contributed by atoms with E-state index in [2.05, 4.69) is 20.6 Å². The molecule has 0 aliphatic carbocycles. The number of carbonyl (C=O) groups is 1. The van der Waals surface area contributed by atoms with Crippen LogP contribution in [0.5, 0.6) is 0 Å². The van der Waals surface area contributed by atoms with Gasteiger partial charge in [0.25, 0.3) is 11.9 Å². The fourth-order valence-corrected chi connectivity index (χ4v) is 5.00. The lowest BCUT2D eigenvalue weighted by Gasteiger charge is -2.16. The number of aryl methyl sites for hydroxylation is 1. The van der Waals surface area contributed by atoms with Gasteiger partial charge in [-0.1, -0.05) is 54.6 Å². The number of fused-ring (bicyclic) bond motifs is 1. The maximum Gasteiger partial charge on any atom is 0.290 e. The summed E-state index contributed by atoms with van der Waals surface area (Å²) in [7, 11) is 0. The summed E-state index contributed by atoms with van der Waals surface area (Å²) in [6.07, 6.45) is 1.56. The number of nitrogens with zero attached hydrogens (tertiary/aromatic N) is 2. The fraction of sp³-hybridized carbons (Fsp3) is 0.192. The van der Waals surface area contributed by atoms with Crippen LogP contribution < -0.4 is 10.6 Å². The number of hydrogen-bond acceptors (Lipinski definition) is 8. The Labute approximate surface area is 211 Å². The molecule has 1 aromatic heterocycles. The van der Waals surface area contributed by atoms with Crippen molar-refractivity contribution >= 4 is 46.1 Å². The molecular weight excluding hydrogens is 476 g/mol. The second-order valence-electron chi connectivity index (χ2n) is 8.15. The molecule has 182 valence electrons. The maximum atomic E-state index is 13.0. The van der Waals surface area contributed by atoms with Gasteiger partial charge in [-0.15, -0.1) is 11.3 Å². The van der Waals surface area contributed by atoms with Crippen LogP contribution in [0.25, 0.3) is 5.57 Å². The number of benzodiazepines with no additional fused rings is 1. The molecule has 9 nitrogen and oxygen atoms in total. The maximum absolute atomic E-state index is 13.0. The zero-order valence-electron chi connectivity index (χ0n) is 19.5. The molecule has 36 heavy (non-hydrogen) atoms. The summed E-state index contributed by atoms with van der Waals surface area (Å²) >= 11 is 1.47. The Kier molecular flexibility index (Phi) is 6.70. The number of nitrogens with one attached hydrogen (secondary N) is 4. The van der Waals surface area contributed by atoms with Crippen LogP contribution in [0.15, 0.2) is 65.7 Å². The largest absolute Gasteiger partial charge is 0.405 e. The van der Waals surface area contributed by atoms with E-state index in [1.54, 1.807) is 0 Å². The van der Waals surface area contributed by atoms with Crippen molar-refractivity contribution in [2.45, 2.75) is 19.5 Å². The third-order valence-corrected chi connectivity index (χ3v) is 6.72. The SMILES string of the molecule is Cc1nc(C(=N)OC(=N)N[C@H]2N=C(c3ccccc3)c3ccccc3NC2=O)c(C2=CCOCC2)s1. The van der Waals surface area contributed by atoms with Gasteiger partial charge in [0.05, 0.1) is 34.5 Å². The van der Waals surface area contributed by atoms with Gasteiger partial charge < -0.3 is 20.1 Å². The molecule has 5 rings (SSSR count). The molecule has 2 aliphatic heterocycles. The van der Waals surface area contributed by atoms with E-state index in [4.69, 9.17) is 20.3 Å². The Morgan fingerprint density at radius 3 is 2.72 bits per heavy atom. The molecule has 2 aromatic carbocycles. The first-order chi connectivity index (χ1) is 17.5. The first kappa shape index (κ1) is 23.6. The minimum atomic E-state index is -1.14. The lowest BCUT2D eigenvalue weighted by molar-refractivity contribution is -0.117. The van der Waals surface area contributed by atoms with Crippen LogP contribution in [0.2, 0.25) is 0 Å². The molecule has 0 radical (unpaired) electrons. The van der Waals surface area contributed by atoms with Crippen molar-refractivity contribution in [2.24, 2.45) is 4.99 Å². The molecule has 0 unspecified atom stereocenters. The topological polar surface area (TPSA) is 133 Å². The second-order valence-corrected chi connectivity index (χ2v) is 9.35. The number of carbonyl (C=O) groups excluding carboxylic acids is 1. The number of anilines is 1. The number of rotatable bonds is 4. The number of ether oxygens (including phenoxy) is 2. The van der Waals surface area contributed by atoms with Crippen molar-refractivity contribution in [3.8, 4) is 0 Å². The molecule has 3 heterocycles. The third-order valence-electron chi connectivity index (χ3n) is 5.67. The highest BCUT2D eigenvalue weighted by molar-refractivity contribution is 7.13. The highest BCUT2D eigenvalue weighted by atomic mass is 32.1. The minimum Gasteiger partial charge on any atom is -0.405 e. The van der Waals surface area contributed by atoms with E-state index in [1.165, 1.54) is 11.3 Å². The molecule has 1 amide bonds. The first-order valence-electron chi connectivity index (χ1n) is 11.4. The highest BCUT2D eigenvalue weighted by Crippen LogP contribution is 2.30. The lowest BCUT2D eigenvalue weighted by atomic mass is 10.0. The third kappa shape index (κ3) is 4.95. The van der Waals surface area contributed by atoms with E-state index < -0.39 is 18.1 Å². The predicted molar refractivity (Wildman–Crippen MR) is 140 cm³/mol. The predicted octanol–water partition coefficient (Wildman–Crippen LogP) is 3.94. The Bertz CT molecular complexity index is 1400. The van der Waals surface area contributed by atoms with Gasteiger partial charge in [0, 0.05) is 11.1 Å². The van der Waals surface area contributed by atoms with Crippen LogP contribution in [-0.4, -0.2) is 47.9 Å². The fourth-order valence-electron chi connectivity index (χ4n) is 4.02. The van der Waals surface area contributed by atoms with E-state index in [0.717, 1.165) is 33.0 Å². The van der Waals surface area contributed by atoms with Crippen molar-refractivity contribution in [1.29, 1.82) is 10.8 Å². The van der Waals surface area contributed by atoms with Crippen LogP contribution in [0.1, 0.15) is 33.1 Å². The monoisotopic (exact) mass is 500 g/mol. The number of aliphatic imine (C=N–C) groups is 1. The van der Waals surface area contributed by atoms with E-state index in [1.807, 2.05) is 67.6 Å². The number of amidine groups is 1. The Balaban J connectivity index is 1.38. The van der Waals surface area contributed by atoms with Crippen molar-refractivity contribution in [1.82, 2.24) is 10.3 Å². The van der Waals surface area contributed by atoms with Gasteiger partial charge in [-0.25, -0.2) is 9.98 Å². The number of para-hydroxylation sites is 1. The summed E-state index contributed by atoms with van der Waals surface area (Å²) in [6, 6.07) is 16.5. The average Bonchev–Trinajstić information content (AvgIpc) is 3.23. The molecule has 2 aliphatic rings. The molecule has 0 bridgehead atoms. The summed E-state index contributed by atoms with van der Waals surface area (Å²) in [6.45, 7) is 2.98. The van der Waals surface area contributed by atoms with E-state index in [9.17, 15) is 4.79 Å². The van der Waals surface area contributed by atoms with E-state index >= 15 is 0 Å². The molecule has 0 fully saturated rings. The number of aromatic nitrogens is 1. The summed E-state index contributed by atoms with van der Waals surface area (Å²) in [4.78, 5) is 22.9. The molecule has 0 saturated heterocycles. The molecule has 0 spiro atoms. The van der Waals surface area contributed by atoms with Crippen molar-refractivity contribution in [2.75, 3.05) is 18.5 Å². The van der Waals surface area contributed by atoms with Crippen molar-refractivity contribution < 1.29 is 14.3 Å². The molecule has 4 N–H and O–H groups in total.